The molecule has 118 valence electrons. The lowest BCUT2D eigenvalue weighted by Crippen LogP contribution is -3.11. The largest absolute Gasteiger partial charge is 0.348 e. The van der Waals surface area contributed by atoms with Crippen molar-refractivity contribution in [3.8, 4) is 0 Å². The average molecular weight is 294 g/mol. The lowest BCUT2D eigenvalue weighted by molar-refractivity contribution is -0.862. The maximum Gasteiger partial charge on any atom is 0.281 e. The van der Waals surface area contributed by atoms with Gasteiger partial charge in [0, 0.05) is 18.3 Å². The van der Waals surface area contributed by atoms with Crippen LogP contribution in [-0.2, 0) is 9.59 Å². The number of likely N-dealkylation sites (N-methyl/N-ethyl adjacent to an activating group) is 2. The van der Waals surface area contributed by atoms with Crippen LogP contribution in [0.15, 0.2) is 11.8 Å². The van der Waals surface area contributed by atoms with Crippen molar-refractivity contribution < 1.29 is 14.5 Å². The van der Waals surface area contributed by atoms with Gasteiger partial charge in [-0.2, -0.15) is 0 Å². The molecular weight excluding hydrogens is 266 g/mol. The fourth-order valence-corrected chi connectivity index (χ4v) is 2.80. The Morgan fingerprint density at radius 1 is 1.33 bits per heavy atom. The van der Waals surface area contributed by atoms with Gasteiger partial charge in [0.25, 0.3) is 11.8 Å². The fraction of sp³-hybridized carbons (Fsp3) is 0.750. The molecule has 5 heteroatoms. The Morgan fingerprint density at radius 3 is 2.67 bits per heavy atom. The van der Waals surface area contributed by atoms with Crippen LogP contribution < -0.4 is 10.2 Å². The topological polar surface area (TPSA) is 53.9 Å². The van der Waals surface area contributed by atoms with E-state index >= 15 is 0 Å². The van der Waals surface area contributed by atoms with Crippen LogP contribution >= 0.6 is 0 Å². The van der Waals surface area contributed by atoms with Crippen LogP contribution in [-0.4, -0.2) is 49.4 Å². The van der Waals surface area contributed by atoms with E-state index in [2.05, 4.69) is 11.4 Å². The highest BCUT2D eigenvalue weighted by Crippen LogP contribution is 2.20. The quantitative estimate of drug-likeness (QED) is 0.699. The third kappa shape index (κ3) is 5.16. The van der Waals surface area contributed by atoms with Crippen molar-refractivity contribution in [2.75, 3.05) is 26.7 Å². The Kier molecular flexibility index (Phi) is 5.79. The molecular formula is C16H28N3O2+. The maximum atomic E-state index is 12.4. The Labute approximate surface area is 127 Å². The molecule has 1 unspecified atom stereocenters. The molecule has 2 N–H and O–H groups in total. The summed E-state index contributed by atoms with van der Waals surface area (Å²) in [6.07, 6.45) is 8.86. The highest BCUT2D eigenvalue weighted by atomic mass is 16.2. The van der Waals surface area contributed by atoms with Gasteiger partial charge in [0.15, 0.2) is 13.1 Å². The van der Waals surface area contributed by atoms with Crippen LogP contribution in [0.2, 0.25) is 0 Å². The minimum atomic E-state index is 0.0581. The highest BCUT2D eigenvalue weighted by molar-refractivity contribution is 5.80. The van der Waals surface area contributed by atoms with Gasteiger partial charge in [-0.3, -0.25) is 9.59 Å². The number of nitrogens with zero attached hydrogens (tertiary/aromatic N) is 1. The number of quaternary nitrogens is 1. The Balaban J connectivity index is 1.80. The van der Waals surface area contributed by atoms with Gasteiger partial charge in [-0.1, -0.05) is 6.08 Å². The molecule has 0 heterocycles. The van der Waals surface area contributed by atoms with E-state index < -0.39 is 0 Å². The Morgan fingerprint density at radius 2 is 2.10 bits per heavy atom. The zero-order valence-electron chi connectivity index (χ0n) is 13.3. The molecule has 0 saturated heterocycles. The molecule has 5 nitrogen and oxygen atoms in total. The average Bonchev–Trinajstić information content (AvgIpc) is 3.24. The van der Waals surface area contributed by atoms with Gasteiger partial charge in [0.1, 0.15) is 0 Å². The smallest absolute Gasteiger partial charge is 0.281 e. The van der Waals surface area contributed by atoms with Gasteiger partial charge in [0.05, 0.1) is 7.05 Å². The second-order valence-corrected chi connectivity index (χ2v) is 6.23. The molecule has 0 aromatic carbocycles. The standard InChI is InChI=1S/C16H27N3O2/c1-3-19(14-7-5-4-6-8-14)16(21)12-18(2)11-15(20)17-13-9-10-13/h7,13H,3-6,8-12H2,1-2H3,(H,17,20)/p+1. The SMILES string of the molecule is CCN(C(=O)C[NH+](C)CC(=O)NC1CC1)C1=CCCCC1. The fourth-order valence-electron chi connectivity index (χ4n) is 2.80. The van der Waals surface area contributed by atoms with E-state index in [0.717, 1.165) is 30.6 Å². The van der Waals surface area contributed by atoms with Crippen LogP contribution in [0.4, 0.5) is 0 Å². The number of allylic oxidation sites excluding steroid dienone is 2. The van der Waals surface area contributed by atoms with Crippen molar-refractivity contribution in [2.24, 2.45) is 0 Å². The van der Waals surface area contributed by atoms with Gasteiger partial charge in [-0.25, -0.2) is 0 Å². The summed E-state index contributed by atoms with van der Waals surface area (Å²) in [5, 5.41) is 2.97. The summed E-state index contributed by atoms with van der Waals surface area (Å²) in [5.41, 5.74) is 1.17. The van der Waals surface area contributed by atoms with E-state index in [1.54, 1.807) is 0 Å². The number of rotatable bonds is 7. The van der Waals surface area contributed by atoms with E-state index in [0.29, 0.717) is 25.7 Å². The summed E-state index contributed by atoms with van der Waals surface area (Å²) in [5.74, 6) is 0.185. The molecule has 0 bridgehead atoms. The first kappa shape index (κ1) is 16.0. The van der Waals surface area contributed by atoms with Crippen LogP contribution in [0.1, 0.15) is 45.4 Å². The summed E-state index contributed by atoms with van der Waals surface area (Å²) < 4.78 is 0. The van der Waals surface area contributed by atoms with Gasteiger partial charge in [-0.05, 0) is 45.4 Å². The number of carbonyl (C=O) groups excluding carboxylic acids is 2. The zero-order valence-corrected chi connectivity index (χ0v) is 13.3. The van der Waals surface area contributed by atoms with E-state index in [4.69, 9.17) is 0 Å². The van der Waals surface area contributed by atoms with Crippen molar-refractivity contribution in [3.05, 3.63) is 11.8 Å². The van der Waals surface area contributed by atoms with Crippen LogP contribution in [0, 0.1) is 0 Å². The molecule has 2 amide bonds. The number of hydrogen-bond acceptors (Lipinski definition) is 2. The molecule has 0 radical (unpaired) electrons. The molecule has 2 aliphatic rings. The summed E-state index contributed by atoms with van der Waals surface area (Å²) in [6.45, 7) is 3.48. The molecule has 1 fully saturated rings. The zero-order chi connectivity index (χ0) is 15.2. The second-order valence-electron chi connectivity index (χ2n) is 6.23. The van der Waals surface area contributed by atoms with E-state index in [-0.39, 0.29) is 11.8 Å². The summed E-state index contributed by atoms with van der Waals surface area (Å²) in [4.78, 5) is 27.0. The van der Waals surface area contributed by atoms with Crippen LogP contribution in [0.3, 0.4) is 0 Å². The van der Waals surface area contributed by atoms with Crippen LogP contribution in [0.5, 0.6) is 0 Å². The number of hydrogen-bond donors (Lipinski definition) is 2. The molecule has 0 aromatic heterocycles. The molecule has 2 aliphatic carbocycles. The molecule has 0 spiro atoms. The van der Waals surface area contributed by atoms with Crippen LogP contribution in [0.25, 0.3) is 0 Å². The van der Waals surface area contributed by atoms with Crippen molar-refractivity contribution in [2.45, 2.75) is 51.5 Å². The Hall–Kier alpha value is -1.36. The summed E-state index contributed by atoms with van der Waals surface area (Å²) >= 11 is 0. The van der Waals surface area contributed by atoms with Gasteiger partial charge in [-0.15, -0.1) is 0 Å². The van der Waals surface area contributed by atoms with E-state index in [1.165, 1.54) is 18.5 Å². The molecule has 1 atom stereocenters. The van der Waals surface area contributed by atoms with Gasteiger partial charge < -0.3 is 15.1 Å². The lowest BCUT2D eigenvalue weighted by atomic mass is 10.0. The number of nitrogens with one attached hydrogen (secondary N) is 2. The monoisotopic (exact) mass is 294 g/mol. The third-order valence-electron chi connectivity index (χ3n) is 4.09. The van der Waals surface area contributed by atoms with Crippen molar-refractivity contribution >= 4 is 11.8 Å². The number of carbonyl (C=O) groups is 2. The first-order valence-corrected chi connectivity index (χ1v) is 8.20. The predicted octanol–water partition coefficient (Wildman–Crippen LogP) is 0.0861. The molecule has 1 saturated carbocycles. The van der Waals surface area contributed by atoms with Crippen molar-refractivity contribution in [3.63, 3.8) is 0 Å². The van der Waals surface area contributed by atoms with E-state index in [9.17, 15) is 9.59 Å². The first-order valence-electron chi connectivity index (χ1n) is 8.20. The summed E-state index contributed by atoms with van der Waals surface area (Å²) in [7, 11) is 1.91. The Bertz CT molecular complexity index is 416. The summed E-state index contributed by atoms with van der Waals surface area (Å²) in [6, 6.07) is 0.389. The van der Waals surface area contributed by atoms with Gasteiger partial charge in [0.2, 0.25) is 0 Å². The minimum Gasteiger partial charge on any atom is -0.348 e. The van der Waals surface area contributed by atoms with Crippen molar-refractivity contribution in [1.29, 1.82) is 0 Å². The van der Waals surface area contributed by atoms with E-state index in [1.807, 2.05) is 18.9 Å². The van der Waals surface area contributed by atoms with Gasteiger partial charge >= 0.3 is 0 Å². The number of amides is 2. The lowest BCUT2D eigenvalue weighted by Gasteiger charge is -2.27. The first-order chi connectivity index (χ1) is 10.1. The molecule has 2 rings (SSSR count). The molecule has 21 heavy (non-hydrogen) atoms. The normalized spacial score (nSPS) is 19.6. The highest BCUT2D eigenvalue weighted by Gasteiger charge is 2.26. The van der Waals surface area contributed by atoms with Crippen molar-refractivity contribution in [1.82, 2.24) is 10.2 Å². The predicted molar refractivity (Wildman–Crippen MR) is 81.7 cm³/mol. The third-order valence-corrected chi connectivity index (χ3v) is 4.09. The second kappa shape index (κ2) is 7.59. The molecule has 0 aliphatic heterocycles. The minimum absolute atomic E-state index is 0.0581. The maximum absolute atomic E-state index is 12.4. The molecule has 0 aromatic rings.